The zero-order chi connectivity index (χ0) is 12.5. The van der Waals surface area contributed by atoms with E-state index in [0.717, 1.165) is 14.2 Å². The van der Waals surface area contributed by atoms with Crippen LogP contribution in [-0.4, -0.2) is 16.2 Å². The first-order chi connectivity index (χ1) is 7.24. The molecule has 90 valence electrons. The molecule has 3 nitrogen and oxygen atoms in total. The predicted octanol–water partition coefficient (Wildman–Crippen LogP) is 3.35. The number of rotatable bonds is 4. The fourth-order valence-electron chi connectivity index (χ4n) is 1.32. The van der Waals surface area contributed by atoms with Crippen LogP contribution in [0.25, 0.3) is 0 Å². The molecule has 1 rings (SSSR count). The van der Waals surface area contributed by atoms with Gasteiger partial charge in [0.2, 0.25) is 0 Å². The molecular weight excluding hydrogens is 292 g/mol. The number of aliphatic hydroxyl groups is 1. The van der Waals surface area contributed by atoms with E-state index < -0.39 is 17.5 Å². The van der Waals surface area contributed by atoms with Gasteiger partial charge >= 0.3 is 5.97 Å². The van der Waals surface area contributed by atoms with Gasteiger partial charge in [-0.05, 0) is 54.8 Å². The number of aliphatic hydroxyl groups excluding tert-OH is 1. The summed E-state index contributed by atoms with van der Waals surface area (Å²) >= 11 is 4.83. The summed E-state index contributed by atoms with van der Waals surface area (Å²) in [6, 6.07) is 1.89. The summed E-state index contributed by atoms with van der Waals surface area (Å²) in [4.78, 5) is 11.7. The van der Waals surface area contributed by atoms with Gasteiger partial charge in [0.1, 0.15) is 0 Å². The molecule has 1 aromatic rings. The molecule has 0 aliphatic heterocycles. The van der Waals surface area contributed by atoms with Gasteiger partial charge in [0, 0.05) is 4.88 Å². The molecule has 1 atom stereocenters. The van der Waals surface area contributed by atoms with Crippen LogP contribution in [-0.2, 0) is 4.79 Å². The molecular formula is C11H15BrO3S. The molecule has 16 heavy (non-hydrogen) atoms. The van der Waals surface area contributed by atoms with Crippen molar-refractivity contribution in [2.24, 2.45) is 5.41 Å². The van der Waals surface area contributed by atoms with Crippen molar-refractivity contribution in [3.63, 3.8) is 0 Å². The van der Waals surface area contributed by atoms with Crippen LogP contribution in [0.4, 0.5) is 0 Å². The van der Waals surface area contributed by atoms with Crippen molar-refractivity contribution >= 4 is 33.2 Å². The number of thiophene rings is 1. The largest absolute Gasteiger partial charge is 0.481 e. The highest BCUT2D eigenvalue weighted by Gasteiger charge is 2.31. The zero-order valence-corrected chi connectivity index (χ0v) is 11.9. The fraction of sp³-hybridized carbons (Fsp3) is 0.545. The second-order valence-electron chi connectivity index (χ2n) is 4.51. The van der Waals surface area contributed by atoms with E-state index in [4.69, 9.17) is 5.11 Å². The average Bonchev–Trinajstić information content (AvgIpc) is 2.46. The van der Waals surface area contributed by atoms with Gasteiger partial charge in [-0.25, -0.2) is 0 Å². The molecule has 0 bridgehead atoms. The summed E-state index contributed by atoms with van der Waals surface area (Å²) < 4.78 is 0.981. The van der Waals surface area contributed by atoms with Gasteiger partial charge in [0.25, 0.3) is 0 Å². The maximum atomic E-state index is 10.9. The summed E-state index contributed by atoms with van der Waals surface area (Å²) in [6.45, 7) is 5.18. The lowest BCUT2D eigenvalue weighted by Crippen LogP contribution is -2.25. The van der Waals surface area contributed by atoms with E-state index >= 15 is 0 Å². The lowest BCUT2D eigenvalue weighted by molar-refractivity contribution is -0.148. The van der Waals surface area contributed by atoms with Crippen molar-refractivity contribution in [2.75, 3.05) is 0 Å². The van der Waals surface area contributed by atoms with Gasteiger partial charge in [-0.1, -0.05) is 0 Å². The number of halogens is 1. The first kappa shape index (κ1) is 13.7. The molecule has 1 heterocycles. The maximum absolute atomic E-state index is 10.9. The van der Waals surface area contributed by atoms with E-state index in [9.17, 15) is 9.90 Å². The molecule has 0 radical (unpaired) electrons. The quantitative estimate of drug-likeness (QED) is 0.897. The SMILES string of the molecule is Cc1cc(C(O)CC(C)(C)C(=O)O)sc1Br. The van der Waals surface area contributed by atoms with Crippen LogP contribution in [0.15, 0.2) is 9.85 Å². The van der Waals surface area contributed by atoms with Crippen LogP contribution in [0.1, 0.15) is 36.8 Å². The Labute approximate surface area is 107 Å². The van der Waals surface area contributed by atoms with Gasteiger partial charge in [-0.15, -0.1) is 11.3 Å². The van der Waals surface area contributed by atoms with Crippen molar-refractivity contribution in [3.05, 3.63) is 20.3 Å². The second kappa shape index (κ2) is 4.85. The highest BCUT2D eigenvalue weighted by atomic mass is 79.9. The molecule has 0 fully saturated rings. The number of hydrogen-bond acceptors (Lipinski definition) is 3. The molecule has 1 unspecified atom stereocenters. The lowest BCUT2D eigenvalue weighted by atomic mass is 9.86. The minimum Gasteiger partial charge on any atom is -0.481 e. The molecule has 0 saturated carbocycles. The molecule has 5 heteroatoms. The Morgan fingerprint density at radius 1 is 1.62 bits per heavy atom. The maximum Gasteiger partial charge on any atom is 0.309 e. The Kier molecular flexibility index (Phi) is 4.15. The van der Waals surface area contributed by atoms with Crippen molar-refractivity contribution in [1.82, 2.24) is 0 Å². The van der Waals surface area contributed by atoms with E-state index in [-0.39, 0.29) is 6.42 Å². The smallest absolute Gasteiger partial charge is 0.309 e. The third-order valence-electron chi connectivity index (χ3n) is 2.49. The van der Waals surface area contributed by atoms with Crippen molar-refractivity contribution in [1.29, 1.82) is 0 Å². The van der Waals surface area contributed by atoms with Crippen LogP contribution in [0.2, 0.25) is 0 Å². The summed E-state index contributed by atoms with van der Waals surface area (Å²) in [5.74, 6) is -0.890. The molecule has 0 aromatic carbocycles. The fourth-order valence-corrected chi connectivity index (χ4v) is 2.88. The molecule has 0 aliphatic carbocycles. The molecule has 2 N–H and O–H groups in total. The van der Waals surface area contributed by atoms with Crippen LogP contribution in [0.5, 0.6) is 0 Å². The zero-order valence-electron chi connectivity index (χ0n) is 9.45. The topological polar surface area (TPSA) is 57.5 Å². The Morgan fingerprint density at radius 2 is 2.19 bits per heavy atom. The van der Waals surface area contributed by atoms with Crippen LogP contribution in [0.3, 0.4) is 0 Å². The number of carbonyl (C=O) groups is 1. The number of aryl methyl sites for hydroxylation is 1. The predicted molar refractivity (Wildman–Crippen MR) is 67.7 cm³/mol. The second-order valence-corrected chi connectivity index (χ2v) is 6.92. The number of hydrogen-bond donors (Lipinski definition) is 2. The van der Waals surface area contributed by atoms with Gasteiger partial charge in [0.05, 0.1) is 15.3 Å². The molecule has 0 aliphatic rings. The van der Waals surface area contributed by atoms with Gasteiger partial charge < -0.3 is 10.2 Å². The van der Waals surface area contributed by atoms with Crippen molar-refractivity contribution in [3.8, 4) is 0 Å². The minimum atomic E-state index is -0.913. The third-order valence-corrected chi connectivity index (χ3v) is 4.73. The van der Waals surface area contributed by atoms with Gasteiger partial charge in [0.15, 0.2) is 0 Å². The number of carboxylic acid groups (broad SMARTS) is 1. The van der Waals surface area contributed by atoms with Crippen LogP contribution >= 0.6 is 27.3 Å². The van der Waals surface area contributed by atoms with E-state index in [1.807, 2.05) is 13.0 Å². The first-order valence-electron chi connectivity index (χ1n) is 4.91. The molecule has 0 saturated heterocycles. The Morgan fingerprint density at radius 3 is 2.56 bits per heavy atom. The van der Waals surface area contributed by atoms with E-state index in [0.29, 0.717) is 0 Å². The van der Waals surface area contributed by atoms with Gasteiger partial charge in [-0.3, -0.25) is 4.79 Å². The number of aliphatic carboxylic acids is 1. The van der Waals surface area contributed by atoms with E-state index in [1.54, 1.807) is 13.8 Å². The third kappa shape index (κ3) is 3.06. The minimum absolute atomic E-state index is 0.217. The summed E-state index contributed by atoms with van der Waals surface area (Å²) in [5.41, 5.74) is 0.149. The first-order valence-corrected chi connectivity index (χ1v) is 6.52. The van der Waals surface area contributed by atoms with E-state index in [1.165, 1.54) is 11.3 Å². The molecule has 1 aromatic heterocycles. The van der Waals surface area contributed by atoms with Crippen molar-refractivity contribution < 1.29 is 15.0 Å². The van der Waals surface area contributed by atoms with Gasteiger partial charge in [-0.2, -0.15) is 0 Å². The number of carboxylic acids is 1. The normalized spacial score (nSPS) is 13.8. The lowest BCUT2D eigenvalue weighted by Gasteiger charge is -2.21. The average molecular weight is 307 g/mol. The molecule has 0 amide bonds. The van der Waals surface area contributed by atoms with Crippen molar-refractivity contribution in [2.45, 2.75) is 33.3 Å². The Balaban J connectivity index is 2.80. The van der Waals surface area contributed by atoms with Crippen LogP contribution < -0.4 is 0 Å². The highest BCUT2D eigenvalue weighted by molar-refractivity contribution is 9.11. The van der Waals surface area contributed by atoms with E-state index in [2.05, 4.69) is 15.9 Å². The highest BCUT2D eigenvalue weighted by Crippen LogP contribution is 2.36. The standard InChI is InChI=1S/C11H15BrO3S/c1-6-4-8(16-9(6)12)7(13)5-11(2,3)10(14)15/h4,7,13H,5H2,1-3H3,(H,14,15). The summed E-state index contributed by atoms with van der Waals surface area (Å²) in [7, 11) is 0. The Bertz CT molecular complexity index is 378. The monoisotopic (exact) mass is 306 g/mol. The molecule has 0 spiro atoms. The summed E-state index contributed by atoms with van der Waals surface area (Å²) in [5, 5.41) is 18.9. The summed E-state index contributed by atoms with van der Waals surface area (Å²) in [6.07, 6.45) is -0.504. The van der Waals surface area contributed by atoms with Crippen LogP contribution in [0, 0.1) is 12.3 Å². The Hall–Kier alpha value is -0.390.